The van der Waals surface area contributed by atoms with Crippen LogP contribution >= 0.6 is 11.6 Å². The number of hydrogen-bond acceptors (Lipinski definition) is 7. The summed E-state index contributed by atoms with van der Waals surface area (Å²) in [6.45, 7) is 5.17. The number of rotatable bonds is 6. The Kier molecular flexibility index (Phi) is 5.63. The first-order chi connectivity index (χ1) is 15.6. The summed E-state index contributed by atoms with van der Waals surface area (Å²) in [5.74, 6) is 0.540. The molecule has 2 aliphatic heterocycles. The van der Waals surface area contributed by atoms with Gasteiger partial charge in [-0.25, -0.2) is 14.1 Å². The van der Waals surface area contributed by atoms with E-state index in [2.05, 4.69) is 36.7 Å². The molecule has 2 atom stereocenters. The van der Waals surface area contributed by atoms with E-state index in [-0.39, 0.29) is 0 Å². The molecule has 3 aromatic rings. The molecule has 32 heavy (non-hydrogen) atoms. The molecule has 0 radical (unpaired) electrons. The van der Waals surface area contributed by atoms with Crippen molar-refractivity contribution in [2.24, 2.45) is 0 Å². The number of nitrogens with one attached hydrogen (secondary N) is 3. The molecule has 0 saturated carbocycles. The molecule has 5 rings (SSSR count). The Labute approximate surface area is 189 Å². The molecule has 2 fully saturated rings. The number of pyridine rings is 1. The zero-order chi connectivity index (χ0) is 22.2. The van der Waals surface area contributed by atoms with Crippen LogP contribution in [0.2, 0.25) is 5.15 Å². The SMILES string of the molecule is CCNc1cc(Nc2cnn([C@H]3CCN(C4COC4)CC3F)c2Cl)nc2[nH]cc(C#N)c12. The largest absolute Gasteiger partial charge is 0.385 e. The summed E-state index contributed by atoms with van der Waals surface area (Å²) in [6, 6.07) is 3.91. The number of hydrogen-bond donors (Lipinski definition) is 3. The van der Waals surface area contributed by atoms with E-state index < -0.39 is 12.2 Å². The molecule has 168 valence electrons. The summed E-state index contributed by atoms with van der Waals surface area (Å²) in [5, 5.41) is 21.3. The maximum Gasteiger partial charge on any atom is 0.151 e. The van der Waals surface area contributed by atoms with Crippen LogP contribution in [0.4, 0.5) is 21.6 Å². The molecule has 5 heterocycles. The summed E-state index contributed by atoms with van der Waals surface area (Å²) < 4.78 is 21.8. The van der Waals surface area contributed by atoms with E-state index in [4.69, 9.17) is 16.3 Å². The zero-order valence-electron chi connectivity index (χ0n) is 17.6. The number of likely N-dealkylation sites (tertiary alicyclic amines) is 1. The van der Waals surface area contributed by atoms with Crippen LogP contribution in [0, 0.1) is 11.3 Å². The van der Waals surface area contributed by atoms with E-state index in [0.717, 1.165) is 17.6 Å². The lowest BCUT2D eigenvalue weighted by Crippen LogP contribution is -2.55. The molecule has 9 nitrogen and oxygen atoms in total. The Balaban J connectivity index is 1.37. The molecule has 0 amide bonds. The molecular weight excluding hydrogens is 435 g/mol. The minimum Gasteiger partial charge on any atom is -0.385 e. The van der Waals surface area contributed by atoms with E-state index >= 15 is 0 Å². The fraction of sp³-hybridized carbons (Fsp3) is 0.476. The number of nitrogens with zero attached hydrogens (tertiary/aromatic N) is 5. The molecule has 2 saturated heterocycles. The van der Waals surface area contributed by atoms with Crippen LogP contribution in [0.1, 0.15) is 24.9 Å². The van der Waals surface area contributed by atoms with Gasteiger partial charge in [-0.1, -0.05) is 11.6 Å². The Hall–Kier alpha value is -2.87. The monoisotopic (exact) mass is 458 g/mol. The van der Waals surface area contributed by atoms with Crippen LogP contribution in [-0.2, 0) is 4.74 Å². The molecule has 0 spiro atoms. The number of ether oxygens (including phenoxy) is 1. The van der Waals surface area contributed by atoms with Gasteiger partial charge in [-0.2, -0.15) is 10.4 Å². The highest BCUT2D eigenvalue weighted by molar-refractivity contribution is 6.32. The van der Waals surface area contributed by atoms with Crippen molar-refractivity contribution >= 4 is 39.8 Å². The molecular formula is C21H24ClFN8O. The van der Waals surface area contributed by atoms with E-state index in [0.29, 0.717) is 66.6 Å². The average Bonchev–Trinajstić information content (AvgIpc) is 3.31. The average molecular weight is 459 g/mol. The lowest BCUT2D eigenvalue weighted by atomic mass is 10.0. The number of halogens is 2. The first-order valence-corrected chi connectivity index (χ1v) is 11.1. The van der Waals surface area contributed by atoms with Gasteiger partial charge >= 0.3 is 0 Å². The van der Waals surface area contributed by atoms with Gasteiger partial charge in [0.25, 0.3) is 0 Å². The van der Waals surface area contributed by atoms with Crippen molar-refractivity contribution in [2.45, 2.75) is 31.6 Å². The molecule has 0 aromatic carbocycles. The highest BCUT2D eigenvalue weighted by Crippen LogP contribution is 2.35. The van der Waals surface area contributed by atoms with Crippen molar-refractivity contribution in [3.63, 3.8) is 0 Å². The quantitative estimate of drug-likeness (QED) is 0.519. The number of aromatic nitrogens is 4. The second-order valence-corrected chi connectivity index (χ2v) is 8.46. The zero-order valence-corrected chi connectivity index (χ0v) is 18.4. The van der Waals surface area contributed by atoms with Crippen LogP contribution in [0.3, 0.4) is 0 Å². The minimum absolute atomic E-state index is 0.320. The van der Waals surface area contributed by atoms with Gasteiger partial charge in [-0.05, 0) is 13.3 Å². The lowest BCUT2D eigenvalue weighted by Gasteiger charge is -2.42. The second kappa shape index (κ2) is 8.58. The number of alkyl halides is 1. The van der Waals surface area contributed by atoms with Crippen molar-refractivity contribution in [3.05, 3.63) is 29.2 Å². The Morgan fingerprint density at radius 1 is 1.41 bits per heavy atom. The third kappa shape index (κ3) is 3.66. The van der Waals surface area contributed by atoms with Gasteiger partial charge < -0.3 is 20.4 Å². The highest BCUT2D eigenvalue weighted by Gasteiger charge is 2.37. The first kappa shape index (κ1) is 21.0. The van der Waals surface area contributed by atoms with Gasteiger partial charge in [0.05, 0.1) is 53.8 Å². The molecule has 11 heteroatoms. The normalized spacial score (nSPS) is 21.9. The fourth-order valence-electron chi connectivity index (χ4n) is 4.37. The maximum absolute atomic E-state index is 15.0. The van der Waals surface area contributed by atoms with Gasteiger partial charge in [0, 0.05) is 31.9 Å². The highest BCUT2D eigenvalue weighted by atomic mass is 35.5. The molecule has 3 aromatic heterocycles. The van der Waals surface area contributed by atoms with Gasteiger partial charge in [-0.15, -0.1) is 0 Å². The van der Waals surface area contributed by atoms with Crippen LogP contribution in [0.5, 0.6) is 0 Å². The van der Waals surface area contributed by atoms with Crippen molar-refractivity contribution in [2.75, 3.05) is 43.5 Å². The van der Waals surface area contributed by atoms with Gasteiger partial charge in [0.1, 0.15) is 23.7 Å². The number of anilines is 3. The Morgan fingerprint density at radius 3 is 2.94 bits per heavy atom. The summed E-state index contributed by atoms with van der Waals surface area (Å²) in [7, 11) is 0. The van der Waals surface area contributed by atoms with Crippen molar-refractivity contribution in [1.82, 2.24) is 24.6 Å². The number of piperidine rings is 1. The predicted octanol–water partition coefficient (Wildman–Crippen LogP) is 3.44. The number of aromatic amines is 1. The molecule has 0 bridgehead atoms. The third-order valence-electron chi connectivity index (χ3n) is 6.12. The smallest absolute Gasteiger partial charge is 0.151 e. The molecule has 2 aliphatic rings. The maximum atomic E-state index is 15.0. The molecule has 1 unspecified atom stereocenters. The Bertz CT molecular complexity index is 1170. The van der Waals surface area contributed by atoms with E-state index in [1.807, 2.05) is 13.0 Å². The Morgan fingerprint density at radius 2 is 2.25 bits per heavy atom. The lowest BCUT2D eigenvalue weighted by molar-refractivity contribution is -0.0847. The van der Waals surface area contributed by atoms with E-state index in [1.165, 1.54) is 0 Å². The molecule has 0 aliphatic carbocycles. The standard InChI is InChI=1S/C21H24ClFN8O/c1-2-25-15-5-18(29-21-19(15)12(6-24)7-26-21)28-16-8-27-31(20(16)22)17-3-4-30(9-14(17)23)13-10-32-11-13/h5,7-8,13-14,17H,2-4,9-11H2,1H3,(H3,25,26,28,29)/t14?,17-/m0/s1. The first-order valence-electron chi connectivity index (χ1n) is 10.7. The predicted molar refractivity (Wildman–Crippen MR) is 120 cm³/mol. The van der Waals surface area contributed by atoms with Crippen molar-refractivity contribution < 1.29 is 9.13 Å². The minimum atomic E-state index is -1.06. The summed E-state index contributed by atoms with van der Waals surface area (Å²) in [5.41, 5.74) is 2.45. The van der Waals surface area contributed by atoms with E-state index in [9.17, 15) is 9.65 Å². The van der Waals surface area contributed by atoms with E-state index in [1.54, 1.807) is 17.1 Å². The second-order valence-electron chi connectivity index (χ2n) is 8.10. The fourth-order valence-corrected chi connectivity index (χ4v) is 4.64. The van der Waals surface area contributed by atoms with Crippen molar-refractivity contribution in [3.8, 4) is 6.07 Å². The van der Waals surface area contributed by atoms with Crippen LogP contribution in [0.25, 0.3) is 11.0 Å². The van der Waals surface area contributed by atoms with Gasteiger partial charge in [0.2, 0.25) is 0 Å². The summed E-state index contributed by atoms with van der Waals surface area (Å²) in [4.78, 5) is 9.74. The number of nitriles is 1. The number of fused-ring (bicyclic) bond motifs is 1. The van der Waals surface area contributed by atoms with Gasteiger partial charge in [0.15, 0.2) is 5.15 Å². The topological polar surface area (TPSA) is 107 Å². The van der Waals surface area contributed by atoms with Crippen LogP contribution in [0.15, 0.2) is 18.5 Å². The van der Waals surface area contributed by atoms with Crippen LogP contribution < -0.4 is 10.6 Å². The summed E-state index contributed by atoms with van der Waals surface area (Å²) in [6.07, 6.45) is 2.80. The third-order valence-corrected chi connectivity index (χ3v) is 6.49. The van der Waals surface area contributed by atoms with Crippen LogP contribution in [-0.4, -0.2) is 69.7 Å². The van der Waals surface area contributed by atoms with Crippen molar-refractivity contribution in [1.29, 1.82) is 5.26 Å². The molecule has 3 N–H and O–H groups in total. The number of H-pyrrole nitrogens is 1. The van der Waals surface area contributed by atoms with Gasteiger partial charge in [-0.3, -0.25) is 4.90 Å². The summed E-state index contributed by atoms with van der Waals surface area (Å²) >= 11 is 6.60.